The summed E-state index contributed by atoms with van der Waals surface area (Å²) in [5, 5.41) is 0. The Labute approximate surface area is 134 Å². The summed E-state index contributed by atoms with van der Waals surface area (Å²) in [5.74, 6) is 0.412. The minimum Gasteiger partial charge on any atom is -0.445 e. The van der Waals surface area contributed by atoms with Crippen LogP contribution in [-0.4, -0.2) is 48.6 Å². The fourth-order valence-corrected chi connectivity index (χ4v) is 2.97. The van der Waals surface area contributed by atoms with Crippen LogP contribution >= 0.6 is 0 Å². The second-order valence-corrected chi connectivity index (χ2v) is 6.47. The topological polar surface area (TPSA) is 32.8 Å². The van der Waals surface area contributed by atoms with Gasteiger partial charge in [0, 0.05) is 19.6 Å². The summed E-state index contributed by atoms with van der Waals surface area (Å²) in [6.45, 7) is 7.91. The number of nitrogens with zero attached hydrogens (tertiary/aromatic N) is 2. The van der Waals surface area contributed by atoms with Crippen LogP contribution < -0.4 is 0 Å². The summed E-state index contributed by atoms with van der Waals surface area (Å²) < 4.78 is 5.45. The molecule has 0 N–H and O–H groups in total. The highest BCUT2D eigenvalue weighted by Crippen LogP contribution is 2.16. The van der Waals surface area contributed by atoms with E-state index in [4.69, 9.17) is 4.74 Å². The minimum absolute atomic E-state index is 0.196. The van der Waals surface area contributed by atoms with Crippen molar-refractivity contribution < 1.29 is 9.53 Å². The number of carbonyl (C=O) groups excluding carboxylic acids is 1. The largest absolute Gasteiger partial charge is 0.445 e. The van der Waals surface area contributed by atoms with Crippen LogP contribution in [0, 0.1) is 5.92 Å². The van der Waals surface area contributed by atoms with E-state index in [2.05, 4.69) is 18.7 Å². The van der Waals surface area contributed by atoms with Crippen molar-refractivity contribution in [3.63, 3.8) is 0 Å². The number of carbonyl (C=O) groups is 1. The molecule has 0 unspecified atom stereocenters. The molecule has 0 aliphatic carbocycles. The van der Waals surface area contributed by atoms with Crippen molar-refractivity contribution in [2.24, 2.45) is 5.92 Å². The Morgan fingerprint density at radius 3 is 2.45 bits per heavy atom. The van der Waals surface area contributed by atoms with Gasteiger partial charge in [-0.2, -0.15) is 0 Å². The molecule has 0 aromatic heterocycles. The highest BCUT2D eigenvalue weighted by atomic mass is 16.6. The lowest BCUT2D eigenvalue weighted by molar-refractivity contribution is 0.0727. The summed E-state index contributed by atoms with van der Waals surface area (Å²) in [7, 11) is 1.86. The van der Waals surface area contributed by atoms with Gasteiger partial charge in [-0.05, 0) is 37.4 Å². The maximum absolute atomic E-state index is 12.3. The van der Waals surface area contributed by atoms with Crippen LogP contribution in [0.1, 0.15) is 32.3 Å². The molecule has 4 heteroatoms. The van der Waals surface area contributed by atoms with Gasteiger partial charge in [-0.15, -0.1) is 0 Å². The van der Waals surface area contributed by atoms with E-state index >= 15 is 0 Å². The van der Waals surface area contributed by atoms with E-state index in [0.29, 0.717) is 12.5 Å². The zero-order chi connectivity index (χ0) is 15.9. The predicted octanol–water partition coefficient (Wildman–Crippen LogP) is 3.38. The van der Waals surface area contributed by atoms with Crippen molar-refractivity contribution in [2.45, 2.75) is 39.3 Å². The monoisotopic (exact) mass is 304 g/mol. The molecule has 1 aliphatic heterocycles. The summed E-state index contributed by atoms with van der Waals surface area (Å²) in [5.41, 5.74) is 1.02. The van der Waals surface area contributed by atoms with Gasteiger partial charge in [0.1, 0.15) is 6.61 Å². The minimum atomic E-state index is -0.234. The number of rotatable bonds is 6. The first kappa shape index (κ1) is 16.8. The Bertz CT molecular complexity index is 455. The average Bonchev–Trinajstić information content (AvgIpc) is 3.03. The quantitative estimate of drug-likeness (QED) is 0.808. The Hall–Kier alpha value is -1.55. The number of likely N-dealkylation sites (tertiary alicyclic amines) is 1. The Morgan fingerprint density at radius 1 is 1.23 bits per heavy atom. The second kappa shape index (κ2) is 8.18. The number of hydrogen-bond donors (Lipinski definition) is 0. The van der Waals surface area contributed by atoms with E-state index < -0.39 is 0 Å². The zero-order valence-electron chi connectivity index (χ0n) is 14.0. The van der Waals surface area contributed by atoms with Gasteiger partial charge in [0.2, 0.25) is 0 Å². The van der Waals surface area contributed by atoms with Crippen molar-refractivity contribution in [2.75, 3.05) is 26.7 Å². The van der Waals surface area contributed by atoms with E-state index in [9.17, 15) is 4.79 Å². The first-order valence-electron chi connectivity index (χ1n) is 8.24. The molecule has 0 saturated carbocycles. The normalized spacial score (nSPS) is 16.7. The molecule has 0 radical (unpaired) electrons. The maximum atomic E-state index is 12.3. The van der Waals surface area contributed by atoms with Crippen LogP contribution in [0.5, 0.6) is 0 Å². The Balaban J connectivity index is 1.88. The molecule has 1 aromatic rings. The SMILES string of the molecule is CC(C)[C@@H](CN1CCCC1)N(C)C(=O)OCc1ccccc1. The standard InChI is InChI=1S/C18H28N2O2/c1-15(2)17(13-20-11-7-8-12-20)19(3)18(21)22-14-16-9-5-4-6-10-16/h4-6,9-10,15,17H,7-8,11-14H2,1-3H3/t17-/m1/s1. The first-order valence-corrected chi connectivity index (χ1v) is 8.24. The lowest BCUT2D eigenvalue weighted by Crippen LogP contribution is -2.47. The lowest BCUT2D eigenvalue weighted by atomic mass is 10.0. The number of likely N-dealkylation sites (N-methyl/N-ethyl adjacent to an activating group) is 1. The van der Waals surface area contributed by atoms with Crippen molar-refractivity contribution >= 4 is 6.09 Å². The first-order chi connectivity index (χ1) is 10.6. The van der Waals surface area contributed by atoms with Crippen LogP contribution in [0.4, 0.5) is 4.79 Å². The van der Waals surface area contributed by atoms with E-state index in [-0.39, 0.29) is 12.1 Å². The van der Waals surface area contributed by atoms with Crippen LogP contribution in [-0.2, 0) is 11.3 Å². The molecule has 122 valence electrons. The smallest absolute Gasteiger partial charge is 0.410 e. The molecule has 1 heterocycles. The summed E-state index contributed by atoms with van der Waals surface area (Å²) in [6.07, 6.45) is 2.31. The van der Waals surface area contributed by atoms with Gasteiger partial charge in [0.15, 0.2) is 0 Å². The third-order valence-corrected chi connectivity index (χ3v) is 4.40. The molecule has 0 spiro atoms. The summed E-state index contributed by atoms with van der Waals surface area (Å²) in [4.78, 5) is 16.5. The molecule has 1 aromatic carbocycles. The Morgan fingerprint density at radius 2 is 1.86 bits per heavy atom. The molecule has 1 saturated heterocycles. The highest BCUT2D eigenvalue weighted by molar-refractivity contribution is 5.67. The van der Waals surface area contributed by atoms with Gasteiger partial charge in [0.25, 0.3) is 0 Å². The molecule has 22 heavy (non-hydrogen) atoms. The fraction of sp³-hybridized carbons (Fsp3) is 0.611. The maximum Gasteiger partial charge on any atom is 0.410 e. The summed E-state index contributed by atoms with van der Waals surface area (Å²) in [6, 6.07) is 10.0. The van der Waals surface area contributed by atoms with Crippen molar-refractivity contribution in [1.82, 2.24) is 9.80 Å². The lowest BCUT2D eigenvalue weighted by Gasteiger charge is -2.33. The van der Waals surface area contributed by atoms with E-state index in [1.807, 2.05) is 37.4 Å². The molecular weight excluding hydrogens is 276 g/mol. The van der Waals surface area contributed by atoms with E-state index in [1.54, 1.807) is 4.90 Å². The van der Waals surface area contributed by atoms with Gasteiger partial charge in [-0.3, -0.25) is 0 Å². The van der Waals surface area contributed by atoms with Crippen LogP contribution in [0.3, 0.4) is 0 Å². The second-order valence-electron chi connectivity index (χ2n) is 6.47. The van der Waals surface area contributed by atoms with Crippen LogP contribution in [0.2, 0.25) is 0 Å². The van der Waals surface area contributed by atoms with E-state index in [0.717, 1.165) is 25.2 Å². The third-order valence-electron chi connectivity index (χ3n) is 4.40. The van der Waals surface area contributed by atoms with Gasteiger partial charge in [-0.25, -0.2) is 4.79 Å². The number of hydrogen-bond acceptors (Lipinski definition) is 3. The summed E-state index contributed by atoms with van der Waals surface area (Å²) >= 11 is 0. The molecule has 2 rings (SSSR count). The fourth-order valence-electron chi connectivity index (χ4n) is 2.97. The molecule has 4 nitrogen and oxygen atoms in total. The Kier molecular flexibility index (Phi) is 6.25. The molecule has 1 aliphatic rings. The number of amides is 1. The van der Waals surface area contributed by atoms with Crippen molar-refractivity contribution in [3.8, 4) is 0 Å². The molecular formula is C18H28N2O2. The zero-order valence-corrected chi connectivity index (χ0v) is 14.0. The van der Waals surface area contributed by atoms with Gasteiger partial charge in [-0.1, -0.05) is 44.2 Å². The van der Waals surface area contributed by atoms with Gasteiger partial charge >= 0.3 is 6.09 Å². The molecule has 1 fully saturated rings. The number of ether oxygens (including phenoxy) is 1. The van der Waals surface area contributed by atoms with Crippen LogP contribution in [0.15, 0.2) is 30.3 Å². The average molecular weight is 304 g/mol. The molecule has 0 bridgehead atoms. The van der Waals surface area contributed by atoms with Crippen molar-refractivity contribution in [1.29, 1.82) is 0 Å². The molecule has 1 amide bonds. The van der Waals surface area contributed by atoms with Crippen LogP contribution in [0.25, 0.3) is 0 Å². The predicted molar refractivity (Wildman–Crippen MR) is 88.7 cm³/mol. The van der Waals surface area contributed by atoms with Gasteiger partial charge < -0.3 is 14.5 Å². The van der Waals surface area contributed by atoms with Gasteiger partial charge in [0.05, 0.1) is 0 Å². The van der Waals surface area contributed by atoms with E-state index in [1.165, 1.54) is 12.8 Å². The third kappa shape index (κ3) is 4.73. The highest BCUT2D eigenvalue weighted by Gasteiger charge is 2.27. The number of benzene rings is 1. The van der Waals surface area contributed by atoms with Crippen molar-refractivity contribution in [3.05, 3.63) is 35.9 Å². The molecule has 1 atom stereocenters.